The number of hydrogen-bond donors (Lipinski definition) is 2. The molecule has 0 bridgehead atoms. The Morgan fingerprint density at radius 1 is 1.14 bits per heavy atom. The van der Waals surface area contributed by atoms with E-state index in [1.54, 1.807) is 20.8 Å². The van der Waals surface area contributed by atoms with E-state index in [9.17, 15) is 36.0 Å². The van der Waals surface area contributed by atoms with Crippen molar-refractivity contribution in [3.05, 3.63) is 48.3 Å². The van der Waals surface area contributed by atoms with Crippen molar-refractivity contribution in [1.29, 1.82) is 0 Å². The number of nitrogens with zero attached hydrogens (tertiary/aromatic N) is 1. The highest BCUT2D eigenvalue weighted by atomic mass is 32.2. The lowest BCUT2D eigenvalue weighted by molar-refractivity contribution is -0.274. The van der Waals surface area contributed by atoms with Crippen LogP contribution in [-0.2, 0) is 29.1 Å². The van der Waals surface area contributed by atoms with E-state index in [1.165, 1.54) is 37.2 Å². The van der Waals surface area contributed by atoms with Gasteiger partial charge >= 0.3 is 18.4 Å². The molecule has 0 radical (unpaired) electrons. The van der Waals surface area contributed by atoms with Gasteiger partial charge in [0.25, 0.3) is 0 Å². The van der Waals surface area contributed by atoms with Crippen molar-refractivity contribution in [3.63, 3.8) is 0 Å². The molecule has 3 atom stereocenters. The number of allylic oxidation sites excluding steroid dienone is 3. The van der Waals surface area contributed by atoms with Crippen molar-refractivity contribution < 1.29 is 50.2 Å². The van der Waals surface area contributed by atoms with Gasteiger partial charge in [-0.05, 0) is 89.4 Å². The van der Waals surface area contributed by atoms with Crippen LogP contribution in [0.2, 0.25) is 0 Å². The summed E-state index contributed by atoms with van der Waals surface area (Å²) in [5.41, 5.74) is -2.41. The Bertz CT molecular complexity index is 1360. The summed E-state index contributed by atoms with van der Waals surface area (Å²) in [4.78, 5) is 40.1. The first kappa shape index (κ1) is 34.1. The van der Waals surface area contributed by atoms with Crippen LogP contribution < -0.4 is 14.8 Å². The van der Waals surface area contributed by atoms with Crippen molar-refractivity contribution in [2.45, 2.75) is 75.4 Å². The Hall–Kier alpha value is -3.43. The molecule has 11 nitrogen and oxygen atoms in total. The van der Waals surface area contributed by atoms with Gasteiger partial charge in [-0.1, -0.05) is 6.08 Å². The number of esters is 1. The molecule has 43 heavy (non-hydrogen) atoms. The van der Waals surface area contributed by atoms with Gasteiger partial charge in [-0.25, -0.2) is 13.2 Å². The third-order valence-corrected chi connectivity index (χ3v) is 8.08. The van der Waals surface area contributed by atoms with Crippen LogP contribution in [-0.4, -0.2) is 75.9 Å². The zero-order valence-electron chi connectivity index (χ0n) is 24.5. The smallest absolute Gasteiger partial charge is 0.459 e. The first-order valence-electron chi connectivity index (χ1n) is 13.5. The maximum atomic E-state index is 13.9. The average molecular weight is 632 g/mol. The summed E-state index contributed by atoms with van der Waals surface area (Å²) in [6.45, 7) is 5.38. The molecule has 1 aromatic carbocycles. The van der Waals surface area contributed by atoms with Gasteiger partial charge in [0.15, 0.2) is 5.78 Å². The summed E-state index contributed by atoms with van der Waals surface area (Å²) in [7, 11) is -1.50. The number of carbonyl (C=O) groups is 3. The van der Waals surface area contributed by atoms with E-state index >= 15 is 0 Å². The SMILES string of the molecule is CN(C)C(=O)OC1=CCC(C[C@H](NS(=O)(=O)c2ccc(OC(F)(F)F)cc2)C(=O)OC(C)(C)C)(C(=O)[C@@H]2CCCN2)C=C1. The van der Waals surface area contributed by atoms with E-state index in [1.807, 2.05) is 0 Å². The lowest BCUT2D eigenvalue weighted by atomic mass is 9.70. The molecule has 15 heteroatoms. The number of nitrogens with one attached hydrogen (secondary N) is 2. The second-order valence-corrected chi connectivity index (χ2v) is 13.2. The second kappa shape index (κ2) is 13.1. The minimum Gasteiger partial charge on any atom is -0.459 e. The summed E-state index contributed by atoms with van der Waals surface area (Å²) >= 11 is 0. The molecule has 1 heterocycles. The van der Waals surface area contributed by atoms with E-state index in [0.717, 1.165) is 30.7 Å². The minimum atomic E-state index is -4.97. The van der Waals surface area contributed by atoms with Crippen LogP contribution in [0.5, 0.6) is 5.75 Å². The number of ketones is 1. The highest BCUT2D eigenvalue weighted by molar-refractivity contribution is 7.89. The molecule has 0 saturated carbocycles. The number of halogens is 3. The Balaban J connectivity index is 1.96. The predicted octanol–water partition coefficient (Wildman–Crippen LogP) is 3.81. The molecule has 1 unspecified atom stereocenters. The topological polar surface area (TPSA) is 140 Å². The van der Waals surface area contributed by atoms with Crippen molar-refractivity contribution >= 4 is 27.9 Å². The number of amides is 1. The van der Waals surface area contributed by atoms with Gasteiger partial charge in [0.1, 0.15) is 23.2 Å². The molecule has 1 amide bonds. The van der Waals surface area contributed by atoms with Crippen LogP contribution in [0.1, 0.15) is 46.5 Å². The van der Waals surface area contributed by atoms with Gasteiger partial charge in [-0.2, -0.15) is 4.72 Å². The molecule has 1 aliphatic carbocycles. The molecular formula is C28H36F3N3O8S. The van der Waals surface area contributed by atoms with Crippen LogP contribution in [0.15, 0.2) is 53.1 Å². The van der Waals surface area contributed by atoms with Crippen LogP contribution in [0, 0.1) is 5.41 Å². The Morgan fingerprint density at radius 2 is 1.79 bits per heavy atom. The molecule has 0 spiro atoms. The summed E-state index contributed by atoms with van der Waals surface area (Å²) < 4.78 is 81.2. The van der Waals surface area contributed by atoms with Gasteiger partial charge in [-0.15, -0.1) is 13.2 Å². The standard InChI is InChI=1S/C28H36F3N3O8S/c1-26(2,3)42-24(36)22(33-43(38,39)20-10-8-19(9-11-20)41-28(29,30)31)17-27(23(35)21-7-6-16-32-21)14-12-18(13-15-27)40-25(37)34(4)5/h8-14,21-22,32-33H,6-7,15-17H2,1-5H3/t21-,22-,27?/m0/s1. The number of sulfonamides is 1. The fourth-order valence-electron chi connectivity index (χ4n) is 4.60. The molecule has 0 aromatic heterocycles. The van der Waals surface area contributed by atoms with Crippen LogP contribution in [0.3, 0.4) is 0 Å². The number of carbonyl (C=O) groups excluding carboxylic acids is 3. The molecule has 1 aromatic rings. The maximum absolute atomic E-state index is 13.9. The van der Waals surface area contributed by atoms with Crippen LogP contribution in [0.4, 0.5) is 18.0 Å². The lowest BCUT2D eigenvalue weighted by Crippen LogP contribution is -2.51. The third-order valence-electron chi connectivity index (χ3n) is 6.60. The molecule has 1 aliphatic heterocycles. The molecule has 2 aliphatic rings. The second-order valence-electron chi connectivity index (χ2n) is 11.5. The Labute approximate surface area is 248 Å². The predicted molar refractivity (Wildman–Crippen MR) is 148 cm³/mol. The van der Waals surface area contributed by atoms with E-state index < -0.39 is 62.2 Å². The number of benzene rings is 1. The monoisotopic (exact) mass is 631 g/mol. The van der Waals surface area contributed by atoms with Crippen LogP contribution >= 0.6 is 0 Å². The molecule has 2 N–H and O–H groups in total. The quantitative estimate of drug-likeness (QED) is 0.369. The maximum Gasteiger partial charge on any atom is 0.573 e. The van der Waals surface area contributed by atoms with Gasteiger partial charge in [0.05, 0.1) is 16.4 Å². The van der Waals surface area contributed by atoms with Gasteiger partial charge in [0, 0.05) is 14.1 Å². The highest BCUT2D eigenvalue weighted by Crippen LogP contribution is 2.39. The molecule has 238 valence electrons. The van der Waals surface area contributed by atoms with Crippen LogP contribution in [0.25, 0.3) is 0 Å². The van der Waals surface area contributed by atoms with E-state index in [0.29, 0.717) is 13.0 Å². The number of hydrogen-bond acceptors (Lipinski definition) is 9. The number of Topliss-reactive ketones (excluding diaryl/α,β-unsaturated/α-hetero) is 1. The van der Waals surface area contributed by atoms with Crippen molar-refractivity contribution in [2.24, 2.45) is 5.41 Å². The number of alkyl halides is 3. The number of rotatable bonds is 10. The first-order valence-corrected chi connectivity index (χ1v) is 15.0. The lowest BCUT2D eigenvalue weighted by Gasteiger charge is -2.36. The zero-order valence-corrected chi connectivity index (χ0v) is 25.3. The summed E-state index contributed by atoms with van der Waals surface area (Å²) in [6.07, 6.45) is -0.241. The molecular weight excluding hydrogens is 595 g/mol. The Kier molecular flexibility index (Phi) is 10.3. The number of ether oxygens (including phenoxy) is 3. The normalized spacial score (nSPS) is 21.5. The highest BCUT2D eigenvalue weighted by Gasteiger charge is 2.46. The van der Waals surface area contributed by atoms with Crippen molar-refractivity contribution in [1.82, 2.24) is 14.9 Å². The van der Waals surface area contributed by atoms with Gasteiger partial charge in [0.2, 0.25) is 10.0 Å². The summed E-state index contributed by atoms with van der Waals surface area (Å²) in [5.74, 6) is -1.69. The average Bonchev–Trinajstić information content (AvgIpc) is 3.42. The molecule has 1 fully saturated rings. The molecule has 1 saturated heterocycles. The molecule has 3 rings (SSSR count). The van der Waals surface area contributed by atoms with Gasteiger partial charge < -0.3 is 24.4 Å². The fraction of sp³-hybridized carbons (Fsp3) is 0.536. The summed E-state index contributed by atoms with van der Waals surface area (Å²) in [6, 6.07) is 1.31. The minimum absolute atomic E-state index is 0.0128. The first-order chi connectivity index (χ1) is 19.8. The third kappa shape index (κ3) is 9.53. The van der Waals surface area contributed by atoms with E-state index in [2.05, 4.69) is 14.8 Å². The van der Waals surface area contributed by atoms with E-state index in [-0.39, 0.29) is 24.4 Å². The van der Waals surface area contributed by atoms with E-state index in [4.69, 9.17) is 9.47 Å². The summed E-state index contributed by atoms with van der Waals surface area (Å²) in [5, 5.41) is 3.13. The largest absolute Gasteiger partial charge is 0.573 e. The fourth-order valence-corrected chi connectivity index (χ4v) is 5.79. The Morgan fingerprint density at radius 3 is 2.28 bits per heavy atom. The van der Waals surface area contributed by atoms with Crippen molar-refractivity contribution in [2.75, 3.05) is 20.6 Å². The van der Waals surface area contributed by atoms with Crippen molar-refractivity contribution in [3.8, 4) is 5.75 Å². The zero-order chi connectivity index (χ0) is 32.2. The van der Waals surface area contributed by atoms with Gasteiger partial charge in [-0.3, -0.25) is 9.59 Å².